The first-order valence-electron chi connectivity index (χ1n) is 6.64. The van der Waals surface area contributed by atoms with Crippen LogP contribution in [0.1, 0.15) is 5.56 Å². The fourth-order valence-electron chi connectivity index (χ4n) is 2.41. The summed E-state index contributed by atoms with van der Waals surface area (Å²) in [6, 6.07) is 5.88. The maximum absolute atomic E-state index is 5.46. The lowest BCUT2D eigenvalue weighted by molar-refractivity contribution is 0.397. The zero-order valence-corrected chi connectivity index (χ0v) is 12.5. The molecular weight excluding hydrogens is 266 g/mol. The topological polar surface area (TPSA) is 49.2 Å². The molecule has 3 rings (SSSR count). The van der Waals surface area contributed by atoms with Gasteiger partial charge in [0.2, 0.25) is 0 Å². The van der Waals surface area contributed by atoms with Gasteiger partial charge in [-0.25, -0.2) is 4.98 Å². The van der Waals surface area contributed by atoms with E-state index >= 15 is 0 Å². The fraction of sp³-hybridized carbons (Fsp3) is 0.250. The highest BCUT2D eigenvalue weighted by Gasteiger charge is 2.12. The molecule has 0 atom stereocenters. The average Bonchev–Trinajstić information content (AvgIpc) is 2.92. The minimum absolute atomic E-state index is 0.707. The smallest absolute Gasteiger partial charge is 0.148 e. The largest absolute Gasteiger partial charge is 0.497 e. The molecule has 0 aliphatic carbocycles. The number of pyridine rings is 1. The zero-order valence-electron chi connectivity index (χ0n) is 12.5. The molecule has 108 valence electrons. The van der Waals surface area contributed by atoms with Gasteiger partial charge in [-0.2, -0.15) is 5.10 Å². The number of hydrogen-bond acceptors (Lipinski definition) is 4. The van der Waals surface area contributed by atoms with E-state index in [0.717, 1.165) is 33.5 Å². The summed E-state index contributed by atoms with van der Waals surface area (Å²) in [4.78, 5) is 4.73. The molecule has 3 aromatic rings. The Kier molecular flexibility index (Phi) is 3.25. The van der Waals surface area contributed by atoms with Gasteiger partial charge in [0, 0.05) is 30.3 Å². The maximum Gasteiger partial charge on any atom is 0.148 e. The average molecular weight is 283 g/mol. The molecular formula is C16H17N3O2. The first kappa shape index (κ1) is 13.4. The van der Waals surface area contributed by atoms with Gasteiger partial charge in [-0.05, 0) is 24.6 Å². The van der Waals surface area contributed by atoms with Crippen LogP contribution in [0.2, 0.25) is 0 Å². The van der Waals surface area contributed by atoms with E-state index in [1.165, 1.54) is 0 Å². The molecule has 1 aromatic carbocycles. The van der Waals surface area contributed by atoms with Crippen LogP contribution in [0, 0.1) is 6.92 Å². The van der Waals surface area contributed by atoms with E-state index in [0.29, 0.717) is 5.75 Å². The predicted octanol–water partition coefficient (Wildman–Crippen LogP) is 2.96. The standard InChI is InChI=1S/C16H17N3O2/c1-10-5-14(11-8-17-19(2)9-11)18-16-13(10)6-12(20-3)7-15(16)21-4/h5-9H,1-4H3. The lowest BCUT2D eigenvalue weighted by atomic mass is 10.1. The minimum Gasteiger partial charge on any atom is -0.497 e. The van der Waals surface area contributed by atoms with Crippen LogP contribution in [0.15, 0.2) is 30.6 Å². The molecule has 0 bridgehead atoms. The number of methoxy groups -OCH3 is 2. The monoisotopic (exact) mass is 283 g/mol. The van der Waals surface area contributed by atoms with Crippen LogP contribution in [0.3, 0.4) is 0 Å². The van der Waals surface area contributed by atoms with Gasteiger partial charge < -0.3 is 9.47 Å². The Hall–Kier alpha value is -2.56. The number of benzene rings is 1. The lowest BCUT2D eigenvalue weighted by Gasteiger charge is -2.11. The number of aryl methyl sites for hydroxylation is 2. The van der Waals surface area contributed by atoms with E-state index in [1.807, 2.05) is 31.6 Å². The Bertz CT molecular complexity index is 809. The molecule has 2 aromatic heterocycles. The summed E-state index contributed by atoms with van der Waals surface area (Å²) in [6.45, 7) is 2.06. The van der Waals surface area contributed by atoms with Gasteiger partial charge in [0.05, 0.1) is 26.1 Å². The van der Waals surface area contributed by atoms with Gasteiger partial charge in [-0.15, -0.1) is 0 Å². The van der Waals surface area contributed by atoms with Crippen molar-refractivity contribution in [2.24, 2.45) is 7.05 Å². The van der Waals surface area contributed by atoms with E-state index in [4.69, 9.17) is 14.5 Å². The van der Waals surface area contributed by atoms with Crippen LogP contribution < -0.4 is 9.47 Å². The maximum atomic E-state index is 5.46. The first-order chi connectivity index (χ1) is 10.1. The normalized spacial score (nSPS) is 10.9. The quantitative estimate of drug-likeness (QED) is 0.741. The van der Waals surface area contributed by atoms with Crippen LogP contribution in [-0.4, -0.2) is 29.0 Å². The van der Waals surface area contributed by atoms with Crippen molar-refractivity contribution in [3.63, 3.8) is 0 Å². The third-order valence-corrected chi connectivity index (χ3v) is 3.52. The Morgan fingerprint density at radius 2 is 1.90 bits per heavy atom. The highest BCUT2D eigenvalue weighted by Crippen LogP contribution is 2.33. The molecule has 0 spiro atoms. The molecule has 0 aliphatic rings. The molecule has 5 nitrogen and oxygen atoms in total. The van der Waals surface area contributed by atoms with Crippen molar-refractivity contribution in [3.05, 3.63) is 36.2 Å². The molecule has 2 heterocycles. The SMILES string of the molecule is COc1cc(OC)c2nc(-c3cnn(C)c3)cc(C)c2c1. The minimum atomic E-state index is 0.707. The third-order valence-electron chi connectivity index (χ3n) is 3.52. The lowest BCUT2D eigenvalue weighted by Crippen LogP contribution is -1.94. The Balaban J connectivity index is 2.27. The molecule has 21 heavy (non-hydrogen) atoms. The second kappa shape index (κ2) is 5.09. The summed E-state index contributed by atoms with van der Waals surface area (Å²) in [7, 11) is 5.18. The number of fused-ring (bicyclic) bond motifs is 1. The Morgan fingerprint density at radius 3 is 2.52 bits per heavy atom. The third kappa shape index (κ3) is 2.31. The van der Waals surface area contributed by atoms with Crippen LogP contribution in [-0.2, 0) is 7.05 Å². The van der Waals surface area contributed by atoms with Gasteiger partial charge in [-0.3, -0.25) is 4.68 Å². The number of rotatable bonds is 3. The molecule has 0 amide bonds. The number of ether oxygens (including phenoxy) is 2. The summed E-state index contributed by atoms with van der Waals surface area (Å²) in [6.07, 6.45) is 3.76. The van der Waals surface area contributed by atoms with Gasteiger partial charge in [0.25, 0.3) is 0 Å². The molecule has 5 heteroatoms. The van der Waals surface area contributed by atoms with Crippen LogP contribution >= 0.6 is 0 Å². The summed E-state index contributed by atoms with van der Waals surface area (Å²) >= 11 is 0. The van der Waals surface area contributed by atoms with Crippen molar-refractivity contribution >= 4 is 10.9 Å². The number of nitrogens with zero attached hydrogens (tertiary/aromatic N) is 3. The van der Waals surface area contributed by atoms with E-state index < -0.39 is 0 Å². The van der Waals surface area contributed by atoms with E-state index in [9.17, 15) is 0 Å². The first-order valence-corrected chi connectivity index (χ1v) is 6.64. The van der Waals surface area contributed by atoms with Crippen LogP contribution in [0.4, 0.5) is 0 Å². The highest BCUT2D eigenvalue weighted by atomic mass is 16.5. The van der Waals surface area contributed by atoms with Gasteiger partial charge in [0.1, 0.15) is 17.0 Å². The second-order valence-electron chi connectivity index (χ2n) is 4.95. The zero-order chi connectivity index (χ0) is 15.0. The number of hydrogen-bond donors (Lipinski definition) is 0. The summed E-state index contributed by atoms with van der Waals surface area (Å²) in [5, 5.41) is 5.22. The summed E-state index contributed by atoms with van der Waals surface area (Å²) in [5.41, 5.74) is 3.82. The Labute approximate surface area is 123 Å². The predicted molar refractivity (Wildman–Crippen MR) is 81.8 cm³/mol. The highest BCUT2D eigenvalue weighted by molar-refractivity contribution is 5.91. The molecule has 0 saturated carbocycles. The van der Waals surface area contributed by atoms with Crippen molar-refractivity contribution in [3.8, 4) is 22.8 Å². The molecule has 0 N–H and O–H groups in total. The van der Waals surface area contributed by atoms with Crippen molar-refractivity contribution in [2.75, 3.05) is 14.2 Å². The molecule has 0 fully saturated rings. The van der Waals surface area contributed by atoms with Gasteiger partial charge in [-0.1, -0.05) is 0 Å². The van der Waals surface area contributed by atoms with E-state index in [-0.39, 0.29) is 0 Å². The van der Waals surface area contributed by atoms with Crippen molar-refractivity contribution < 1.29 is 9.47 Å². The molecule has 0 aliphatic heterocycles. The Morgan fingerprint density at radius 1 is 1.10 bits per heavy atom. The number of aromatic nitrogens is 3. The van der Waals surface area contributed by atoms with Crippen molar-refractivity contribution in [1.29, 1.82) is 0 Å². The second-order valence-corrected chi connectivity index (χ2v) is 4.95. The summed E-state index contributed by atoms with van der Waals surface area (Å²) in [5.74, 6) is 1.47. The van der Waals surface area contributed by atoms with Crippen molar-refractivity contribution in [1.82, 2.24) is 14.8 Å². The fourth-order valence-corrected chi connectivity index (χ4v) is 2.41. The van der Waals surface area contributed by atoms with Crippen LogP contribution in [0.25, 0.3) is 22.2 Å². The van der Waals surface area contributed by atoms with E-state index in [2.05, 4.69) is 18.1 Å². The summed E-state index contributed by atoms with van der Waals surface area (Å²) < 4.78 is 12.5. The van der Waals surface area contributed by atoms with Gasteiger partial charge >= 0.3 is 0 Å². The van der Waals surface area contributed by atoms with Gasteiger partial charge in [0.15, 0.2) is 0 Å². The molecule has 0 unspecified atom stereocenters. The molecule has 0 saturated heterocycles. The van der Waals surface area contributed by atoms with Crippen molar-refractivity contribution in [2.45, 2.75) is 6.92 Å². The van der Waals surface area contributed by atoms with E-state index in [1.54, 1.807) is 18.9 Å². The van der Waals surface area contributed by atoms with Crippen LogP contribution in [0.5, 0.6) is 11.5 Å². The molecule has 0 radical (unpaired) electrons.